The molecule has 0 aliphatic carbocycles. The van der Waals surface area contributed by atoms with Crippen LogP contribution in [0, 0.1) is 10.1 Å². The Balaban J connectivity index is 1.86. The molecule has 1 heterocycles. The van der Waals surface area contributed by atoms with E-state index in [4.69, 9.17) is 11.6 Å². The van der Waals surface area contributed by atoms with Gasteiger partial charge in [0.15, 0.2) is 0 Å². The van der Waals surface area contributed by atoms with Crippen LogP contribution in [0.1, 0.15) is 18.4 Å². The van der Waals surface area contributed by atoms with Crippen molar-refractivity contribution in [2.45, 2.75) is 17.7 Å². The molecule has 2 aromatic rings. The summed E-state index contributed by atoms with van der Waals surface area (Å²) in [7, 11) is -3.74. The number of nitrogens with zero attached hydrogens (tertiary/aromatic N) is 3. The molecular weight excluding hydrogens is 392 g/mol. The Hall–Kier alpha value is -2.49. The molecule has 0 unspecified atom stereocenters. The number of hydrogen-bond acceptors (Lipinski definition) is 6. The van der Waals surface area contributed by atoms with Crippen LogP contribution in [0.5, 0.6) is 0 Å². The van der Waals surface area contributed by atoms with Crippen LogP contribution in [-0.2, 0) is 10.0 Å². The summed E-state index contributed by atoms with van der Waals surface area (Å²) in [6.45, 7) is 0.858. The van der Waals surface area contributed by atoms with E-state index in [0.29, 0.717) is 23.7 Å². The summed E-state index contributed by atoms with van der Waals surface area (Å²) >= 11 is 6.02. The van der Waals surface area contributed by atoms with Crippen molar-refractivity contribution in [3.8, 4) is 0 Å². The maximum Gasteiger partial charge on any atom is 0.295 e. The van der Waals surface area contributed by atoms with Crippen LogP contribution in [0.25, 0.3) is 0 Å². The molecule has 0 aromatic heterocycles. The largest absolute Gasteiger partial charge is 0.295 e. The van der Waals surface area contributed by atoms with Crippen molar-refractivity contribution < 1.29 is 13.3 Å². The van der Waals surface area contributed by atoms with Gasteiger partial charge in [-0.3, -0.25) is 15.5 Å². The molecule has 10 heteroatoms. The second kappa shape index (κ2) is 8.03. The summed E-state index contributed by atoms with van der Waals surface area (Å²) in [6.07, 6.45) is 3.01. The van der Waals surface area contributed by atoms with E-state index in [2.05, 4.69) is 10.5 Å². The number of nitrogens with one attached hydrogen (secondary N) is 1. The number of nitro groups is 1. The highest BCUT2D eigenvalue weighted by Gasteiger charge is 2.29. The van der Waals surface area contributed by atoms with Crippen LogP contribution in [0.3, 0.4) is 0 Å². The van der Waals surface area contributed by atoms with E-state index in [1.807, 2.05) is 0 Å². The van der Waals surface area contributed by atoms with Gasteiger partial charge in [0.1, 0.15) is 5.69 Å². The van der Waals surface area contributed by atoms with Crippen LogP contribution in [0.2, 0.25) is 5.02 Å². The standard InChI is InChI=1S/C17H17ClN4O4S/c18-15-6-2-1-5-13(15)12-19-20-16-8-7-14(11-17(16)22(23)24)27(25,26)21-9-3-4-10-21/h1-2,5-8,11-12,20H,3-4,9-10H2/b19-12+. The number of sulfonamides is 1. The van der Waals surface area contributed by atoms with Crippen molar-refractivity contribution in [1.29, 1.82) is 0 Å². The SMILES string of the molecule is O=[N+]([O-])c1cc(S(=O)(=O)N2CCCC2)ccc1N/N=C/c1ccccc1Cl. The van der Waals surface area contributed by atoms with Gasteiger partial charge in [-0.2, -0.15) is 9.41 Å². The van der Waals surface area contributed by atoms with Crippen LogP contribution in [0.4, 0.5) is 11.4 Å². The molecule has 0 spiro atoms. The Bertz CT molecular complexity index is 988. The summed E-state index contributed by atoms with van der Waals surface area (Å²) in [5, 5.41) is 15.8. The minimum Gasteiger partial charge on any atom is -0.272 e. The van der Waals surface area contributed by atoms with Crippen molar-refractivity contribution in [3.63, 3.8) is 0 Å². The number of hydrazone groups is 1. The number of halogens is 1. The highest BCUT2D eigenvalue weighted by Crippen LogP contribution is 2.30. The molecule has 0 saturated carbocycles. The Morgan fingerprint density at radius 1 is 1.19 bits per heavy atom. The first-order chi connectivity index (χ1) is 12.9. The molecule has 0 amide bonds. The van der Waals surface area contributed by atoms with Gasteiger partial charge in [0.2, 0.25) is 10.0 Å². The lowest BCUT2D eigenvalue weighted by Gasteiger charge is -2.15. The molecule has 142 valence electrons. The summed E-state index contributed by atoms with van der Waals surface area (Å²) in [4.78, 5) is 10.7. The number of benzene rings is 2. The number of hydrogen-bond donors (Lipinski definition) is 1. The zero-order valence-electron chi connectivity index (χ0n) is 14.2. The van der Waals surface area contributed by atoms with Gasteiger partial charge in [-0.05, 0) is 31.0 Å². The molecular formula is C17H17ClN4O4S. The quantitative estimate of drug-likeness (QED) is 0.447. The molecule has 1 N–H and O–H groups in total. The third kappa shape index (κ3) is 4.26. The van der Waals surface area contributed by atoms with Gasteiger partial charge in [-0.15, -0.1) is 0 Å². The fourth-order valence-corrected chi connectivity index (χ4v) is 4.47. The van der Waals surface area contributed by atoms with Crippen LogP contribution >= 0.6 is 11.6 Å². The predicted molar refractivity (Wildman–Crippen MR) is 104 cm³/mol. The molecule has 1 saturated heterocycles. The first-order valence-corrected chi connectivity index (χ1v) is 10.0. The third-order valence-corrected chi connectivity index (χ3v) is 6.40. The maximum absolute atomic E-state index is 12.6. The zero-order valence-corrected chi connectivity index (χ0v) is 15.8. The topological polar surface area (TPSA) is 105 Å². The average molecular weight is 409 g/mol. The third-order valence-electron chi connectivity index (χ3n) is 4.16. The summed E-state index contributed by atoms with van der Waals surface area (Å²) in [5.41, 5.74) is 2.94. The van der Waals surface area contributed by atoms with Gasteiger partial charge in [-0.1, -0.05) is 29.8 Å². The lowest BCUT2D eigenvalue weighted by atomic mass is 10.2. The molecule has 1 fully saturated rings. The molecule has 0 radical (unpaired) electrons. The molecule has 8 nitrogen and oxygen atoms in total. The van der Waals surface area contributed by atoms with E-state index in [1.165, 1.54) is 22.7 Å². The smallest absolute Gasteiger partial charge is 0.272 e. The van der Waals surface area contributed by atoms with E-state index in [9.17, 15) is 18.5 Å². The maximum atomic E-state index is 12.6. The van der Waals surface area contributed by atoms with Crippen molar-refractivity contribution in [2.24, 2.45) is 5.10 Å². The van der Waals surface area contributed by atoms with Crippen molar-refractivity contribution >= 4 is 39.2 Å². The monoisotopic (exact) mass is 408 g/mol. The van der Waals surface area contributed by atoms with Gasteiger partial charge in [0, 0.05) is 29.7 Å². The van der Waals surface area contributed by atoms with E-state index in [0.717, 1.165) is 18.9 Å². The first kappa shape index (κ1) is 19.3. The highest BCUT2D eigenvalue weighted by atomic mass is 35.5. The zero-order chi connectivity index (χ0) is 19.4. The van der Waals surface area contributed by atoms with Crippen molar-refractivity contribution in [2.75, 3.05) is 18.5 Å². The van der Waals surface area contributed by atoms with Crippen molar-refractivity contribution in [3.05, 3.63) is 63.2 Å². The highest BCUT2D eigenvalue weighted by molar-refractivity contribution is 7.89. The minimum absolute atomic E-state index is 0.0867. The predicted octanol–water partition coefficient (Wildman–Crippen LogP) is 3.48. The van der Waals surface area contributed by atoms with E-state index in [1.54, 1.807) is 24.3 Å². The van der Waals surface area contributed by atoms with E-state index in [-0.39, 0.29) is 16.3 Å². The average Bonchev–Trinajstić information content (AvgIpc) is 3.19. The molecule has 3 rings (SSSR count). The Morgan fingerprint density at radius 2 is 1.89 bits per heavy atom. The normalized spacial score (nSPS) is 15.3. The Labute approximate surface area is 161 Å². The van der Waals surface area contributed by atoms with E-state index >= 15 is 0 Å². The number of nitro benzene ring substituents is 1. The van der Waals surface area contributed by atoms with Crippen LogP contribution in [-0.4, -0.2) is 37.0 Å². The van der Waals surface area contributed by atoms with Gasteiger partial charge < -0.3 is 0 Å². The van der Waals surface area contributed by atoms with Crippen LogP contribution < -0.4 is 5.43 Å². The van der Waals surface area contributed by atoms with Gasteiger partial charge in [-0.25, -0.2) is 8.42 Å². The number of rotatable bonds is 6. The second-order valence-electron chi connectivity index (χ2n) is 5.94. The lowest BCUT2D eigenvalue weighted by molar-refractivity contribution is -0.384. The number of anilines is 1. The van der Waals surface area contributed by atoms with Crippen molar-refractivity contribution in [1.82, 2.24) is 4.31 Å². The molecule has 0 atom stereocenters. The Morgan fingerprint density at radius 3 is 2.56 bits per heavy atom. The molecule has 27 heavy (non-hydrogen) atoms. The van der Waals surface area contributed by atoms with Crippen LogP contribution in [0.15, 0.2) is 52.5 Å². The van der Waals surface area contributed by atoms with Gasteiger partial charge in [0.05, 0.1) is 16.0 Å². The summed E-state index contributed by atoms with van der Waals surface area (Å²) < 4.78 is 26.5. The lowest BCUT2D eigenvalue weighted by Crippen LogP contribution is -2.27. The first-order valence-electron chi connectivity index (χ1n) is 8.22. The fourth-order valence-electron chi connectivity index (χ4n) is 2.75. The van der Waals surface area contributed by atoms with Gasteiger partial charge >= 0.3 is 0 Å². The summed E-state index contributed by atoms with van der Waals surface area (Å²) in [5.74, 6) is 0. The summed E-state index contributed by atoms with van der Waals surface area (Å²) in [6, 6.07) is 10.7. The minimum atomic E-state index is -3.74. The fraction of sp³-hybridized carbons (Fsp3) is 0.235. The van der Waals surface area contributed by atoms with Gasteiger partial charge in [0.25, 0.3) is 5.69 Å². The molecule has 0 bridgehead atoms. The Kier molecular flexibility index (Phi) is 5.73. The molecule has 2 aromatic carbocycles. The molecule has 1 aliphatic heterocycles. The van der Waals surface area contributed by atoms with E-state index < -0.39 is 14.9 Å². The second-order valence-corrected chi connectivity index (χ2v) is 8.28. The molecule has 1 aliphatic rings.